The van der Waals surface area contributed by atoms with Crippen molar-refractivity contribution in [3.8, 4) is 0 Å². The molecule has 2 N–H and O–H groups in total. The van der Waals surface area contributed by atoms with Crippen molar-refractivity contribution in [1.29, 1.82) is 0 Å². The highest BCUT2D eigenvalue weighted by atomic mass is 16.6. The lowest BCUT2D eigenvalue weighted by Crippen LogP contribution is -2.23. The third-order valence-corrected chi connectivity index (χ3v) is 3.35. The van der Waals surface area contributed by atoms with Crippen LogP contribution in [-0.2, 0) is 6.54 Å². The number of nitrogens with one attached hydrogen (secondary N) is 2. The Morgan fingerprint density at radius 2 is 2.40 bits per heavy atom. The van der Waals surface area contributed by atoms with Gasteiger partial charge in [0.2, 0.25) is 5.82 Å². The Morgan fingerprint density at radius 1 is 1.60 bits per heavy atom. The van der Waals surface area contributed by atoms with Crippen molar-refractivity contribution >= 4 is 11.5 Å². The van der Waals surface area contributed by atoms with E-state index in [4.69, 9.17) is 0 Å². The van der Waals surface area contributed by atoms with Gasteiger partial charge in [-0.05, 0) is 26.3 Å². The second-order valence-corrected chi connectivity index (χ2v) is 4.93. The Hall–Kier alpha value is -1.89. The topological polar surface area (TPSA) is 85.0 Å². The van der Waals surface area contributed by atoms with Gasteiger partial charge in [0.25, 0.3) is 0 Å². The maximum atomic E-state index is 11.2. The fraction of sp³-hybridized carbons (Fsp3) is 0.615. The molecule has 0 bridgehead atoms. The summed E-state index contributed by atoms with van der Waals surface area (Å²) < 4.78 is 1.70. The summed E-state index contributed by atoms with van der Waals surface area (Å²) in [7, 11) is 0. The first-order valence-electron chi connectivity index (χ1n) is 6.97. The van der Waals surface area contributed by atoms with Crippen LogP contribution < -0.4 is 10.6 Å². The van der Waals surface area contributed by atoms with Crippen LogP contribution in [-0.4, -0.2) is 34.3 Å². The monoisotopic (exact) mass is 279 g/mol. The predicted octanol–water partition coefficient (Wildman–Crippen LogP) is 1.84. The highest BCUT2D eigenvalue weighted by Crippen LogP contribution is 2.28. The third-order valence-electron chi connectivity index (χ3n) is 3.35. The minimum atomic E-state index is -0.354. The van der Waals surface area contributed by atoms with Crippen molar-refractivity contribution in [2.24, 2.45) is 0 Å². The van der Waals surface area contributed by atoms with Crippen molar-refractivity contribution in [2.75, 3.05) is 25.0 Å². The molecule has 0 fully saturated rings. The zero-order chi connectivity index (χ0) is 14.5. The van der Waals surface area contributed by atoms with E-state index in [-0.39, 0.29) is 10.6 Å². The molecule has 0 atom stereocenters. The van der Waals surface area contributed by atoms with E-state index in [1.165, 1.54) is 5.57 Å². The Bertz CT molecular complexity index is 521. The van der Waals surface area contributed by atoms with Crippen molar-refractivity contribution in [3.63, 3.8) is 0 Å². The summed E-state index contributed by atoms with van der Waals surface area (Å²) >= 11 is 0. The van der Waals surface area contributed by atoms with E-state index in [1.54, 1.807) is 11.6 Å². The van der Waals surface area contributed by atoms with Crippen LogP contribution in [0.25, 0.3) is 0 Å². The molecule has 1 aliphatic rings. The number of nitrogens with zero attached hydrogens (tertiary/aromatic N) is 3. The number of nitro groups is 1. The summed E-state index contributed by atoms with van der Waals surface area (Å²) in [6.45, 7) is 6.85. The fourth-order valence-electron chi connectivity index (χ4n) is 2.37. The second kappa shape index (κ2) is 6.51. The lowest BCUT2D eigenvalue weighted by atomic mass is 10.1. The molecule has 0 saturated carbocycles. The highest BCUT2D eigenvalue weighted by Gasteiger charge is 2.24. The lowest BCUT2D eigenvalue weighted by molar-refractivity contribution is -0.384. The average Bonchev–Trinajstić information content (AvgIpc) is 2.74. The summed E-state index contributed by atoms with van der Waals surface area (Å²) in [5, 5.41) is 21.9. The molecule has 7 nitrogen and oxygen atoms in total. The maximum Gasteiger partial charge on any atom is 0.333 e. The van der Waals surface area contributed by atoms with Crippen LogP contribution in [0.15, 0.2) is 11.6 Å². The van der Waals surface area contributed by atoms with Crippen LogP contribution in [0.1, 0.15) is 25.5 Å². The smallest absolute Gasteiger partial charge is 0.333 e. The van der Waals surface area contributed by atoms with Crippen molar-refractivity contribution in [2.45, 2.75) is 33.2 Å². The molecule has 1 aromatic heterocycles. The summed E-state index contributed by atoms with van der Waals surface area (Å²) in [6.07, 6.45) is 4.00. The normalized spacial score (nSPS) is 15.0. The van der Waals surface area contributed by atoms with E-state index in [2.05, 4.69) is 21.8 Å². The molecule has 0 amide bonds. The Labute approximate surface area is 118 Å². The van der Waals surface area contributed by atoms with E-state index in [1.807, 2.05) is 6.92 Å². The van der Waals surface area contributed by atoms with E-state index < -0.39 is 0 Å². The van der Waals surface area contributed by atoms with Gasteiger partial charge >= 0.3 is 5.69 Å². The molecule has 7 heteroatoms. The third kappa shape index (κ3) is 3.16. The van der Waals surface area contributed by atoms with Gasteiger partial charge in [-0.3, -0.25) is 10.1 Å². The van der Waals surface area contributed by atoms with E-state index >= 15 is 0 Å². The number of hydrogen-bond donors (Lipinski definition) is 2. The van der Waals surface area contributed by atoms with Gasteiger partial charge in [0.05, 0.1) is 4.92 Å². The fourth-order valence-corrected chi connectivity index (χ4v) is 2.37. The number of aromatic nitrogens is 2. The molecular formula is C13H21N5O2. The van der Waals surface area contributed by atoms with Crippen LogP contribution >= 0.6 is 0 Å². The minimum Gasteiger partial charge on any atom is -0.361 e. The molecule has 110 valence electrons. The number of rotatable bonds is 6. The van der Waals surface area contributed by atoms with Crippen LogP contribution in [0.2, 0.25) is 0 Å². The van der Waals surface area contributed by atoms with Crippen LogP contribution in [0, 0.1) is 17.0 Å². The largest absolute Gasteiger partial charge is 0.361 e. The summed E-state index contributed by atoms with van der Waals surface area (Å²) in [5.41, 5.74) is 1.83. The van der Waals surface area contributed by atoms with Gasteiger partial charge in [0, 0.05) is 19.6 Å². The first kappa shape index (κ1) is 14.5. The van der Waals surface area contributed by atoms with Crippen LogP contribution in [0.5, 0.6) is 0 Å². The first-order chi connectivity index (χ1) is 9.63. The van der Waals surface area contributed by atoms with Gasteiger partial charge in [0.1, 0.15) is 5.69 Å². The molecule has 20 heavy (non-hydrogen) atoms. The van der Waals surface area contributed by atoms with Gasteiger partial charge in [-0.25, -0.2) is 4.68 Å². The second-order valence-electron chi connectivity index (χ2n) is 4.93. The molecule has 1 aromatic rings. The zero-order valence-electron chi connectivity index (χ0n) is 12.0. The van der Waals surface area contributed by atoms with Crippen molar-refractivity contribution in [3.05, 3.63) is 27.5 Å². The molecular weight excluding hydrogens is 258 g/mol. The molecule has 0 spiro atoms. The molecule has 0 aliphatic carbocycles. The van der Waals surface area contributed by atoms with E-state index in [0.717, 1.165) is 25.9 Å². The predicted molar refractivity (Wildman–Crippen MR) is 78.0 cm³/mol. The number of aryl methyl sites for hydroxylation is 2. The molecule has 2 rings (SSSR count). The molecule has 0 radical (unpaired) electrons. The highest BCUT2D eigenvalue weighted by molar-refractivity contribution is 5.60. The number of anilines is 1. The minimum absolute atomic E-state index is 0.0907. The maximum absolute atomic E-state index is 11.2. The quantitative estimate of drug-likeness (QED) is 0.471. The zero-order valence-corrected chi connectivity index (χ0v) is 12.0. The average molecular weight is 279 g/mol. The van der Waals surface area contributed by atoms with Gasteiger partial charge in [-0.15, -0.1) is 0 Å². The molecule has 0 saturated heterocycles. The van der Waals surface area contributed by atoms with E-state index in [0.29, 0.717) is 24.6 Å². The first-order valence-corrected chi connectivity index (χ1v) is 6.97. The van der Waals surface area contributed by atoms with Crippen molar-refractivity contribution < 1.29 is 4.92 Å². The number of hydrogen-bond acceptors (Lipinski definition) is 5. The molecule has 0 unspecified atom stereocenters. The summed E-state index contributed by atoms with van der Waals surface area (Å²) in [4.78, 5) is 10.8. The van der Waals surface area contributed by atoms with Gasteiger partial charge in [0.15, 0.2) is 0 Å². The van der Waals surface area contributed by atoms with Gasteiger partial charge in [-0.1, -0.05) is 18.6 Å². The van der Waals surface area contributed by atoms with Crippen LogP contribution in [0.3, 0.4) is 0 Å². The molecule has 2 heterocycles. The molecule has 0 aromatic carbocycles. The lowest BCUT2D eigenvalue weighted by Gasteiger charge is -2.15. The molecule has 1 aliphatic heterocycles. The Morgan fingerprint density at radius 3 is 3.00 bits per heavy atom. The van der Waals surface area contributed by atoms with Crippen LogP contribution in [0.4, 0.5) is 11.5 Å². The SMILES string of the molecule is CCCn1nc(C)c([N+](=O)[O-])c1NCC1=CCNCC1. The van der Waals surface area contributed by atoms with E-state index in [9.17, 15) is 10.1 Å². The van der Waals surface area contributed by atoms with Gasteiger partial charge < -0.3 is 10.6 Å². The summed E-state index contributed by atoms with van der Waals surface area (Å²) in [6, 6.07) is 0. The summed E-state index contributed by atoms with van der Waals surface area (Å²) in [5.74, 6) is 0.522. The van der Waals surface area contributed by atoms with Crippen molar-refractivity contribution in [1.82, 2.24) is 15.1 Å². The Kier molecular flexibility index (Phi) is 4.73. The Balaban J connectivity index is 2.19. The van der Waals surface area contributed by atoms with Gasteiger partial charge in [-0.2, -0.15) is 5.10 Å². The standard InChI is InChI=1S/C13H21N5O2/c1-3-8-17-13(12(18(19)20)10(2)16-17)15-9-11-4-6-14-7-5-11/h4,14-15H,3,5-9H2,1-2H3.